The van der Waals surface area contributed by atoms with Crippen molar-refractivity contribution in [2.45, 2.75) is 39.0 Å². The van der Waals surface area contributed by atoms with Crippen LogP contribution in [0, 0.1) is 12.8 Å². The monoisotopic (exact) mass is 397 g/mol. The number of carbonyl (C=O) groups is 2. The topological polar surface area (TPSA) is 53.5 Å². The second-order valence-corrected chi connectivity index (χ2v) is 8.71. The molecular formula is C22H27N3O2S. The van der Waals surface area contributed by atoms with E-state index in [0.717, 1.165) is 49.3 Å². The number of hydrogen-bond donors (Lipinski definition) is 0. The summed E-state index contributed by atoms with van der Waals surface area (Å²) in [5, 5.41) is 2.72. The number of amides is 2. The van der Waals surface area contributed by atoms with Crippen molar-refractivity contribution in [3.05, 3.63) is 40.9 Å². The lowest BCUT2D eigenvalue weighted by Gasteiger charge is -2.35. The number of rotatable bonds is 3. The zero-order chi connectivity index (χ0) is 19.5. The van der Waals surface area contributed by atoms with Crippen molar-refractivity contribution < 1.29 is 9.59 Å². The quantitative estimate of drug-likeness (QED) is 0.787. The van der Waals surface area contributed by atoms with Crippen LogP contribution in [0.3, 0.4) is 0 Å². The summed E-state index contributed by atoms with van der Waals surface area (Å²) >= 11 is 1.51. The Morgan fingerprint density at radius 2 is 1.64 bits per heavy atom. The highest BCUT2D eigenvalue weighted by Gasteiger charge is 2.31. The van der Waals surface area contributed by atoms with E-state index in [9.17, 15) is 9.59 Å². The molecule has 0 bridgehead atoms. The van der Waals surface area contributed by atoms with Gasteiger partial charge in [0.2, 0.25) is 5.91 Å². The predicted molar refractivity (Wildman–Crippen MR) is 111 cm³/mol. The molecule has 1 aromatic carbocycles. The molecule has 2 fully saturated rings. The number of aryl methyl sites for hydroxylation is 1. The van der Waals surface area contributed by atoms with Gasteiger partial charge in [0.1, 0.15) is 10.7 Å². The van der Waals surface area contributed by atoms with Crippen LogP contribution in [0.25, 0.3) is 10.6 Å². The average molecular weight is 398 g/mol. The molecule has 0 spiro atoms. The van der Waals surface area contributed by atoms with Crippen LogP contribution in [0.1, 0.15) is 48.2 Å². The lowest BCUT2D eigenvalue weighted by atomic mass is 9.94. The number of carbonyl (C=O) groups excluding carboxylic acids is 2. The summed E-state index contributed by atoms with van der Waals surface area (Å²) in [6, 6.07) is 8.20. The van der Waals surface area contributed by atoms with Crippen molar-refractivity contribution in [2.75, 3.05) is 26.2 Å². The van der Waals surface area contributed by atoms with Gasteiger partial charge in [0, 0.05) is 43.0 Å². The molecular weight excluding hydrogens is 370 g/mol. The molecule has 0 unspecified atom stereocenters. The van der Waals surface area contributed by atoms with Gasteiger partial charge in [0.15, 0.2) is 0 Å². The van der Waals surface area contributed by atoms with Gasteiger partial charge in [-0.3, -0.25) is 9.59 Å². The number of piperidine rings is 2. The molecule has 28 heavy (non-hydrogen) atoms. The average Bonchev–Trinajstić information content (AvgIpc) is 3.24. The van der Waals surface area contributed by atoms with Gasteiger partial charge in [-0.05, 0) is 39.0 Å². The van der Waals surface area contributed by atoms with E-state index in [1.54, 1.807) is 0 Å². The fourth-order valence-corrected chi connectivity index (χ4v) is 4.86. The Morgan fingerprint density at radius 3 is 2.32 bits per heavy atom. The van der Waals surface area contributed by atoms with Gasteiger partial charge in [0.05, 0.1) is 0 Å². The maximum absolute atomic E-state index is 12.9. The van der Waals surface area contributed by atoms with Crippen LogP contribution in [0.2, 0.25) is 0 Å². The molecule has 2 aliphatic heterocycles. The van der Waals surface area contributed by atoms with Crippen molar-refractivity contribution in [3.63, 3.8) is 0 Å². The first-order chi connectivity index (χ1) is 13.6. The smallest absolute Gasteiger partial charge is 0.273 e. The van der Waals surface area contributed by atoms with Gasteiger partial charge < -0.3 is 9.80 Å². The Kier molecular flexibility index (Phi) is 5.76. The third-order valence-corrected chi connectivity index (χ3v) is 6.71. The molecule has 0 saturated carbocycles. The molecule has 3 heterocycles. The maximum atomic E-state index is 12.9. The fraction of sp³-hybridized carbons (Fsp3) is 0.500. The molecule has 0 atom stereocenters. The minimum absolute atomic E-state index is 0.0153. The van der Waals surface area contributed by atoms with Gasteiger partial charge in [-0.15, -0.1) is 11.3 Å². The van der Waals surface area contributed by atoms with E-state index in [1.807, 2.05) is 27.3 Å². The zero-order valence-corrected chi connectivity index (χ0v) is 17.2. The molecule has 0 radical (unpaired) electrons. The number of benzene rings is 1. The molecule has 5 nitrogen and oxygen atoms in total. The highest BCUT2D eigenvalue weighted by atomic mass is 32.1. The highest BCUT2D eigenvalue weighted by molar-refractivity contribution is 7.13. The van der Waals surface area contributed by atoms with Crippen LogP contribution < -0.4 is 0 Å². The number of aromatic nitrogens is 1. The maximum Gasteiger partial charge on any atom is 0.273 e. The summed E-state index contributed by atoms with van der Waals surface area (Å²) in [5.41, 5.74) is 2.76. The minimum Gasteiger partial charge on any atom is -0.342 e. The van der Waals surface area contributed by atoms with Crippen molar-refractivity contribution in [2.24, 2.45) is 5.92 Å². The SMILES string of the molecule is Cc1ccc(-c2nc(C(=O)N3CCC(C(=O)N4CCCCC4)CC3)cs2)cc1. The van der Waals surface area contributed by atoms with Gasteiger partial charge in [-0.2, -0.15) is 0 Å². The summed E-state index contributed by atoms with van der Waals surface area (Å²) in [7, 11) is 0. The number of likely N-dealkylation sites (tertiary alicyclic amines) is 2. The van der Waals surface area contributed by atoms with E-state index in [1.165, 1.54) is 23.3 Å². The second kappa shape index (κ2) is 8.43. The lowest BCUT2D eigenvalue weighted by molar-refractivity contribution is -0.137. The molecule has 2 amide bonds. The molecule has 0 N–H and O–H groups in total. The lowest BCUT2D eigenvalue weighted by Crippen LogP contribution is -2.45. The van der Waals surface area contributed by atoms with E-state index < -0.39 is 0 Å². The first-order valence-electron chi connectivity index (χ1n) is 10.2. The van der Waals surface area contributed by atoms with E-state index in [0.29, 0.717) is 24.7 Å². The summed E-state index contributed by atoms with van der Waals surface area (Å²) in [4.78, 5) is 34.0. The van der Waals surface area contributed by atoms with Crippen LogP contribution in [-0.2, 0) is 4.79 Å². The third kappa shape index (κ3) is 4.12. The molecule has 4 rings (SSSR count). The van der Waals surface area contributed by atoms with E-state index >= 15 is 0 Å². The Morgan fingerprint density at radius 1 is 0.964 bits per heavy atom. The Bertz CT molecular complexity index is 832. The van der Waals surface area contributed by atoms with Crippen LogP contribution >= 0.6 is 11.3 Å². The van der Waals surface area contributed by atoms with E-state index in [2.05, 4.69) is 24.0 Å². The molecule has 148 valence electrons. The number of hydrogen-bond acceptors (Lipinski definition) is 4. The van der Waals surface area contributed by atoms with Crippen molar-refractivity contribution in [3.8, 4) is 10.6 Å². The van der Waals surface area contributed by atoms with Crippen LogP contribution in [0.5, 0.6) is 0 Å². The number of thiazole rings is 1. The zero-order valence-electron chi connectivity index (χ0n) is 16.4. The van der Waals surface area contributed by atoms with Gasteiger partial charge >= 0.3 is 0 Å². The summed E-state index contributed by atoms with van der Waals surface area (Å²) < 4.78 is 0. The first-order valence-corrected chi connectivity index (χ1v) is 11.1. The van der Waals surface area contributed by atoms with E-state index in [4.69, 9.17) is 0 Å². The van der Waals surface area contributed by atoms with Crippen LogP contribution in [0.4, 0.5) is 0 Å². The first kappa shape index (κ1) is 19.1. The van der Waals surface area contributed by atoms with E-state index in [-0.39, 0.29) is 11.8 Å². The molecule has 0 aliphatic carbocycles. The Balaban J connectivity index is 1.35. The number of nitrogens with zero attached hydrogens (tertiary/aromatic N) is 3. The van der Waals surface area contributed by atoms with Crippen molar-refractivity contribution in [1.29, 1.82) is 0 Å². The minimum atomic E-state index is -0.0153. The summed E-state index contributed by atoms with van der Waals surface area (Å²) in [6.07, 6.45) is 4.99. The van der Waals surface area contributed by atoms with Crippen molar-refractivity contribution in [1.82, 2.24) is 14.8 Å². The second-order valence-electron chi connectivity index (χ2n) is 7.86. The molecule has 6 heteroatoms. The standard InChI is InChI=1S/C22H27N3O2S/c1-16-5-7-17(8-6-16)20-23-19(15-28-20)22(27)25-13-9-18(10-14-25)21(26)24-11-3-2-4-12-24/h5-8,15,18H,2-4,9-14H2,1H3. The Hall–Kier alpha value is -2.21. The van der Waals surface area contributed by atoms with Crippen LogP contribution in [-0.4, -0.2) is 52.8 Å². The summed E-state index contributed by atoms with van der Waals surface area (Å²) in [6.45, 7) is 5.14. The van der Waals surface area contributed by atoms with Crippen LogP contribution in [0.15, 0.2) is 29.6 Å². The van der Waals surface area contributed by atoms with Crippen molar-refractivity contribution >= 4 is 23.2 Å². The van der Waals surface area contributed by atoms with Gasteiger partial charge in [-0.1, -0.05) is 29.8 Å². The normalized spacial score (nSPS) is 18.3. The fourth-order valence-electron chi connectivity index (χ4n) is 4.06. The largest absolute Gasteiger partial charge is 0.342 e. The van der Waals surface area contributed by atoms with Gasteiger partial charge in [0.25, 0.3) is 5.91 Å². The van der Waals surface area contributed by atoms with Gasteiger partial charge in [-0.25, -0.2) is 4.98 Å². The molecule has 1 aromatic heterocycles. The highest BCUT2D eigenvalue weighted by Crippen LogP contribution is 2.26. The third-order valence-electron chi connectivity index (χ3n) is 5.82. The Labute approximate surface area is 170 Å². The molecule has 2 aliphatic rings. The predicted octanol–water partition coefficient (Wildman–Crippen LogP) is 3.98. The molecule has 2 saturated heterocycles. The summed E-state index contributed by atoms with van der Waals surface area (Å²) in [5.74, 6) is 0.348. The molecule has 2 aromatic rings.